The Morgan fingerprint density at radius 1 is 1.30 bits per heavy atom. The highest BCUT2D eigenvalue weighted by Gasteiger charge is 2.13. The summed E-state index contributed by atoms with van der Waals surface area (Å²) in [4.78, 5) is 2.26. The van der Waals surface area contributed by atoms with Crippen LogP contribution in [0.25, 0.3) is 0 Å². The molecule has 0 aliphatic carbocycles. The summed E-state index contributed by atoms with van der Waals surface area (Å²) in [5.74, 6) is 0.878. The summed E-state index contributed by atoms with van der Waals surface area (Å²) in [6.45, 7) is 3.17. The zero-order valence-corrected chi connectivity index (χ0v) is 6.97. The van der Waals surface area contributed by atoms with Gasteiger partial charge in [-0.3, -0.25) is 0 Å². The molecule has 0 bridgehead atoms. The van der Waals surface area contributed by atoms with Crippen LogP contribution in [0, 0.1) is 5.92 Å². The van der Waals surface area contributed by atoms with Crippen LogP contribution in [0.15, 0.2) is 0 Å². The van der Waals surface area contributed by atoms with Gasteiger partial charge in [-0.2, -0.15) is 0 Å². The maximum absolute atomic E-state index is 5.26. The molecule has 1 fully saturated rings. The highest BCUT2D eigenvalue weighted by molar-refractivity contribution is 4.65. The molecule has 1 rings (SSSR count). The normalized spacial score (nSPS) is 21.9. The van der Waals surface area contributed by atoms with Gasteiger partial charge in [0.15, 0.2) is 0 Å². The Hall–Kier alpha value is -0.0800. The molecule has 0 aromatic carbocycles. The molecule has 0 aromatic heterocycles. The molecular weight excluding hydrogens is 126 g/mol. The summed E-state index contributed by atoms with van der Waals surface area (Å²) in [6.07, 6.45) is 2.50. The van der Waals surface area contributed by atoms with Gasteiger partial charge in [0.25, 0.3) is 0 Å². The topological polar surface area (TPSA) is 12.5 Å². The maximum atomic E-state index is 5.26. The Morgan fingerprint density at radius 3 is 2.40 bits per heavy atom. The third-order valence-corrected chi connectivity index (χ3v) is 1.96. The number of nitrogens with zero attached hydrogens (tertiary/aromatic N) is 1. The second kappa shape index (κ2) is 3.94. The van der Waals surface area contributed by atoms with Crippen molar-refractivity contribution in [3.05, 3.63) is 0 Å². The number of rotatable bonds is 2. The molecule has 1 aliphatic heterocycles. The predicted molar refractivity (Wildman–Crippen MR) is 42.1 cm³/mol. The van der Waals surface area contributed by atoms with Crippen LogP contribution in [-0.2, 0) is 4.74 Å². The molecule has 0 unspecified atom stereocenters. The van der Waals surface area contributed by atoms with Gasteiger partial charge in [-0.1, -0.05) is 0 Å². The molecule has 0 radical (unpaired) electrons. The van der Waals surface area contributed by atoms with Crippen LogP contribution in [0.4, 0.5) is 0 Å². The molecule has 1 heterocycles. The molecule has 0 N–H and O–H groups in total. The fourth-order valence-corrected chi connectivity index (χ4v) is 1.45. The van der Waals surface area contributed by atoms with Gasteiger partial charge in [0, 0.05) is 19.8 Å². The van der Waals surface area contributed by atoms with E-state index in [4.69, 9.17) is 4.74 Å². The van der Waals surface area contributed by atoms with Crippen molar-refractivity contribution in [1.82, 2.24) is 4.90 Å². The Morgan fingerprint density at radius 2 is 1.90 bits per heavy atom. The largest absolute Gasteiger partial charge is 0.381 e. The molecule has 0 amide bonds. The predicted octanol–water partition coefficient (Wildman–Crippen LogP) is 0.975. The quantitative estimate of drug-likeness (QED) is 0.571. The van der Waals surface area contributed by atoms with Crippen molar-refractivity contribution in [1.29, 1.82) is 0 Å². The second-order valence-corrected chi connectivity index (χ2v) is 3.32. The van der Waals surface area contributed by atoms with E-state index in [0.717, 1.165) is 19.1 Å². The fraction of sp³-hybridized carbons (Fsp3) is 1.00. The summed E-state index contributed by atoms with van der Waals surface area (Å²) in [5.41, 5.74) is 0. The van der Waals surface area contributed by atoms with E-state index in [9.17, 15) is 0 Å². The SMILES string of the molecule is CN(C)CC1CCOCC1. The summed E-state index contributed by atoms with van der Waals surface area (Å²) in [6, 6.07) is 0. The van der Waals surface area contributed by atoms with Crippen LogP contribution in [0.2, 0.25) is 0 Å². The minimum absolute atomic E-state index is 0.878. The van der Waals surface area contributed by atoms with E-state index in [1.165, 1.54) is 19.4 Å². The summed E-state index contributed by atoms with van der Waals surface area (Å²) < 4.78 is 5.26. The standard InChI is InChI=1S/C8H17NO/c1-9(2)7-8-3-5-10-6-4-8/h8H,3-7H2,1-2H3. The van der Waals surface area contributed by atoms with Gasteiger partial charge in [0.2, 0.25) is 0 Å². The van der Waals surface area contributed by atoms with Crippen LogP contribution in [0.1, 0.15) is 12.8 Å². The molecule has 1 saturated heterocycles. The zero-order valence-electron chi connectivity index (χ0n) is 6.97. The number of hydrogen-bond acceptors (Lipinski definition) is 2. The molecule has 2 heteroatoms. The average Bonchev–Trinajstić information content (AvgIpc) is 1.88. The van der Waals surface area contributed by atoms with E-state index in [2.05, 4.69) is 19.0 Å². The molecule has 0 aromatic rings. The van der Waals surface area contributed by atoms with E-state index in [1.54, 1.807) is 0 Å². The lowest BCUT2D eigenvalue weighted by molar-refractivity contribution is 0.0582. The third kappa shape index (κ3) is 2.67. The van der Waals surface area contributed by atoms with Gasteiger partial charge in [-0.05, 0) is 32.9 Å². The van der Waals surface area contributed by atoms with Crippen LogP contribution < -0.4 is 0 Å². The minimum Gasteiger partial charge on any atom is -0.381 e. The first-order chi connectivity index (χ1) is 4.79. The lowest BCUT2D eigenvalue weighted by atomic mass is 10.0. The smallest absolute Gasteiger partial charge is 0.0469 e. The first kappa shape index (κ1) is 8.02. The van der Waals surface area contributed by atoms with Crippen LogP contribution in [-0.4, -0.2) is 38.8 Å². The number of hydrogen-bond donors (Lipinski definition) is 0. The van der Waals surface area contributed by atoms with Gasteiger partial charge in [0.1, 0.15) is 0 Å². The summed E-state index contributed by atoms with van der Waals surface area (Å²) >= 11 is 0. The minimum atomic E-state index is 0.878. The van der Waals surface area contributed by atoms with E-state index < -0.39 is 0 Å². The third-order valence-electron chi connectivity index (χ3n) is 1.96. The van der Waals surface area contributed by atoms with Gasteiger partial charge in [0.05, 0.1) is 0 Å². The van der Waals surface area contributed by atoms with Gasteiger partial charge in [-0.15, -0.1) is 0 Å². The van der Waals surface area contributed by atoms with Gasteiger partial charge in [-0.25, -0.2) is 0 Å². The van der Waals surface area contributed by atoms with Gasteiger partial charge >= 0.3 is 0 Å². The molecule has 1 aliphatic rings. The second-order valence-electron chi connectivity index (χ2n) is 3.32. The van der Waals surface area contributed by atoms with Crippen molar-refractivity contribution in [3.63, 3.8) is 0 Å². The van der Waals surface area contributed by atoms with Crippen molar-refractivity contribution >= 4 is 0 Å². The van der Waals surface area contributed by atoms with Crippen LogP contribution >= 0.6 is 0 Å². The van der Waals surface area contributed by atoms with Crippen LogP contribution in [0.5, 0.6) is 0 Å². The molecule has 0 saturated carbocycles. The Kier molecular flexibility index (Phi) is 3.16. The van der Waals surface area contributed by atoms with Crippen molar-refractivity contribution in [2.24, 2.45) is 5.92 Å². The van der Waals surface area contributed by atoms with E-state index >= 15 is 0 Å². The van der Waals surface area contributed by atoms with Gasteiger partial charge < -0.3 is 9.64 Å². The Labute approximate surface area is 63.2 Å². The molecule has 60 valence electrons. The van der Waals surface area contributed by atoms with Crippen LogP contribution in [0.3, 0.4) is 0 Å². The van der Waals surface area contributed by atoms with Crippen molar-refractivity contribution in [2.75, 3.05) is 33.9 Å². The van der Waals surface area contributed by atoms with Crippen molar-refractivity contribution in [2.45, 2.75) is 12.8 Å². The molecule has 0 atom stereocenters. The van der Waals surface area contributed by atoms with Crippen molar-refractivity contribution in [3.8, 4) is 0 Å². The lowest BCUT2D eigenvalue weighted by Gasteiger charge is -2.24. The average molecular weight is 143 g/mol. The highest BCUT2D eigenvalue weighted by atomic mass is 16.5. The van der Waals surface area contributed by atoms with Crippen molar-refractivity contribution < 1.29 is 4.74 Å². The molecule has 0 spiro atoms. The Balaban J connectivity index is 2.13. The van der Waals surface area contributed by atoms with E-state index in [-0.39, 0.29) is 0 Å². The Bertz CT molecular complexity index is 87.3. The fourth-order valence-electron chi connectivity index (χ4n) is 1.45. The molecular formula is C8H17NO. The monoisotopic (exact) mass is 143 g/mol. The molecule has 2 nitrogen and oxygen atoms in total. The lowest BCUT2D eigenvalue weighted by Crippen LogP contribution is -2.26. The summed E-state index contributed by atoms with van der Waals surface area (Å²) in [5, 5.41) is 0. The zero-order chi connectivity index (χ0) is 7.40. The first-order valence-corrected chi connectivity index (χ1v) is 4.01. The summed E-state index contributed by atoms with van der Waals surface area (Å²) in [7, 11) is 4.27. The molecule has 10 heavy (non-hydrogen) atoms. The van der Waals surface area contributed by atoms with E-state index in [1.807, 2.05) is 0 Å². The van der Waals surface area contributed by atoms with E-state index in [0.29, 0.717) is 0 Å². The first-order valence-electron chi connectivity index (χ1n) is 4.01. The highest BCUT2D eigenvalue weighted by Crippen LogP contribution is 2.14. The maximum Gasteiger partial charge on any atom is 0.0469 e. The number of ether oxygens (including phenoxy) is 1.